The van der Waals surface area contributed by atoms with E-state index in [9.17, 15) is 4.79 Å². The molecule has 1 aliphatic rings. The topological polar surface area (TPSA) is 49.6 Å². The van der Waals surface area contributed by atoms with Gasteiger partial charge >= 0.3 is 6.03 Å². The van der Waals surface area contributed by atoms with E-state index in [1.807, 2.05) is 36.2 Å². The van der Waals surface area contributed by atoms with E-state index >= 15 is 0 Å². The van der Waals surface area contributed by atoms with Gasteiger partial charge < -0.3 is 15.5 Å². The molecule has 2 rings (SSSR count). The Morgan fingerprint density at radius 3 is 2.65 bits per heavy atom. The Labute approximate surface area is 110 Å². The van der Waals surface area contributed by atoms with Gasteiger partial charge in [0, 0.05) is 31.2 Å². The van der Waals surface area contributed by atoms with Gasteiger partial charge in [-0.15, -0.1) is 0 Å². The maximum Gasteiger partial charge on any atom is 0.320 e. The molecule has 1 unspecified atom stereocenters. The molecule has 1 heterocycles. The molecular formula is C12H16BrN3O. The highest BCUT2D eigenvalue weighted by Gasteiger charge is 2.35. The standard InChI is InChI=1S/C12H16BrN3O/c1-15-8-11(16(7-6-14)12(15)17)9-2-4-10(13)5-3-9/h2-5,11H,6-8,14H2,1H3. The second-order valence-corrected chi connectivity index (χ2v) is 5.13. The van der Waals surface area contributed by atoms with Crippen LogP contribution in [0.2, 0.25) is 0 Å². The summed E-state index contributed by atoms with van der Waals surface area (Å²) in [4.78, 5) is 15.5. The molecular weight excluding hydrogens is 282 g/mol. The Morgan fingerprint density at radius 2 is 2.06 bits per heavy atom. The van der Waals surface area contributed by atoms with Gasteiger partial charge in [0.05, 0.1) is 6.04 Å². The quantitative estimate of drug-likeness (QED) is 0.925. The third kappa shape index (κ3) is 2.45. The number of halogens is 1. The van der Waals surface area contributed by atoms with Gasteiger partial charge in [-0.2, -0.15) is 0 Å². The van der Waals surface area contributed by atoms with Crippen LogP contribution in [-0.2, 0) is 0 Å². The van der Waals surface area contributed by atoms with Crippen LogP contribution >= 0.6 is 15.9 Å². The minimum Gasteiger partial charge on any atom is -0.329 e. The summed E-state index contributed by atoms with van der Waals surface area (Å²) in [6.07, 6.45) is 0. The summed E-state index contributed by atoms with van der Waals surface area (Å²) < 4.78 is 1.05. The number of amides is 2. The summed E-state index contributed by atoms with van der Waals surface area (Å²) in [6, 6.07) is 8.26. The average Bonchev–Trinajstić information content (AvgIpc) is 2.59. The zero-order valence-electron chi connectivity index (χ0n) is 9.77. The van der Waals surface area contributed by atoms with Gasteiger partial charge in [-0.3, -0.25) is 0 Å². The number of urea groups is 1. The fourth-order valence-electron chi connectivity index (χ4n) is 2.15. The Kier molecular flexibility index (Phi) is 3.69. The average molecular weight is 298 g/mol. The number of hydrogen-bond acceptors (Lipinski definition) is 2. The van der Waals surface area contributed by atoms with Crippen molar-refractivity contribution < 1.29 is 4.79 Å². The van der Waals surface area contributed by atoms with Crippen LogP contribution in [0.1, 0.15) is 11.6 Å². The van der Waals surface area contributed by atoms with E-state index in [2.05, 4.69) is 15.9 Å². The molecule has 2 amide bonds. The molecule has 0 aromatic heterocycles. The van der Waals surface area contributed by atoms with Crippen molar-refractivity contribution in [2.45, 2.75) is 6.04 Å². The number of nitrogens with two attached hydrogens (primary N) is 1. The van der Waals surface area contributed by atoms with E-state index in [-0.39, 0.29) is 12.1 Å². The van der Waals surface area contributed by atoms with Crippen molar-refractivity contribution in [2.75, 3.05) is 26.7 Å². The summed E-state index contributed by atoms with van der Waals surface area (Å²) in [5.41, 5.74) is 6.71. The lowest BCUT2D eigenvalue weighted by Crippen LogP contribution is -2.34. The molecule has 4 nitrogen and oxygen atoms in total. The highest BCUT2D eigenvalue weighted by molar-refractivity contribution is 9.10. The van der Waals surface area contributed by atoms with Crippen molar-refractivity contribution in [1.82, 2.24) is 9.80 Å². The molecule has 0 aliphatic carbocycles. The Hall–Kier alpha value is -1.07. The summed E-state index contributed by atoms with van der Waals surface area (Å²) in [6.45, 7) is 1.82. The molecule has 1 aromatic carbocycles. The lowest BCUT2D eigenvalue weighted by Gasteiger charge is -2.22. The van der Waals surface area contributed by atoms with Gasteiger partial charge in [0.1, 0.15) is 0 Å². The van der Waals surface area contributed by atoms with E-state index in [0.717, 1.165) is 16.6 Å². The molecule has 1 fully saturated rings. The van der Waals surface area contributed by atoms with Crippen LogP contribution in [0.5, 0.6) is 0 Å². The third-order valence-corrected chi connectivity index (χ3v) is 3.55. The zero-order chi connectivity index (χ0) is 12.4. The molecule has 0 bridgehead atoms. The normalized spacial score (nSPS) is 20.2. The maximum absolute atomic E-state index is 11.9. The fraction of sp³-hybridized carbons (Fsp3) is 0.417. The predicted molar refractivity (Wildman–Crippen MR) is 70.7 cm³/mol. The molecule has 92 valence electrons. The largest absolute Gasteiger partial charge is 0.329 e. The van der Waals surface area contributed by atoms with E-state index in [1.165, 1.54) is 0 Å². The maximum atomic E-state index is 11.9. The summed E-state index contributed by atoms with van der Waals surface area (Å²) in [5.74, 6) is 0. The van der Waals surface area contributed by atoms with Gasteiger partial charge in [-0.1, -0.05) is 28.1 Å². The first-order chi connectivity index (χ1) is 8.13. The molecule has 0 radical (unpaired) electrons. The molecule has 2 N–H and O–H groups in total. The van der Waals surface area contributed by atoms with Crippen molar-refractivity contribution in [3.8, 4) is 0 Å². The number of likely N-dealkylation sites (N-methyl/N-ethyl adjacent to an activating group) is 1. The first kappa shape index (κ1) is 12.4. The number of carbonyl (C=O) groups excluding carboxylic acids is 1. The summed E-state index contributed by atoms with van der Waals surface area (Å²) >= 11 is 3.41. The highest BCUT2D eigenvalue weighted by atomic mass is 79.9. The number of hydrogen-bond donors (Lipinski definition) is 1. The lowest BCUT2D eigenvalue weighted by molar-refractivity contribution is 0.192. The van der Waals surface area contributed by atoms with Gasteiger partial charge in [0.15, 0.2) is 0 Å². The van der Waals surface area contributed by atoms with Crippen LogP contribution in [0.15, 0.2) is 28.7 Å². The first-order valence-corrected chi connectivity index (χ1v) is 6.40. The Balaban J connectivity index is 2.24. The monoisotopic (exact) mass is 297 g/mol. The van der Waals surface area contributed by atoms with Gasteiger partial charge in [0.2, 0.25) is 0 Å². The molecule has 1 aromatic rings. The van der Waals surface area contributed by atoms with Crippen molar-refractivity contribution in [2.24, 2.45) is 5.73 Å². The SMILES string of the molecule is CN1CC(c2ccc(Br)cc2)N(CCN)C1=O. The van der Waals surface area contributed by atoms with E-state index in [1.54, 1.807) is 4.90 Å². The summed E-state index contributed by atoms with van der Waals surface area (Å²) in [5, 5.41) is 0. The van der Waals surface area contributed by atoms with Gasteiger partial charge in [-0.25, -0.2) is 4.79 Å². The van der Waals surface area contributed by atoms with E-state index in [4.69, 9.17) is 5.73 Å². The first-order valence-electron chi connectivity index (χ1n) is 5.60. The minimum atomic E-state index is 0.0587. The molecule has 5 heteroatoms. The molecule has 0 saturated carbocycles. The Morgan fingerprint density at radius 1 is 1.41 bits per heavy atom. The van der Waals surface area contributed by atoms with Crippen LogP contribution in [0.4, 0.5) is 4.79 Å². The molecule has 1 atom stereocenters. The lowest BCUT2D eigenvalue weighted by atomic mass is 10.1. The highest BCUT2D eigenvalue weighted by Crippen LogP contribution is 2.28. The van der Waals surface area contributed by atoms with Crippen molar-refractivity contribution in [3.63, 3.8) is 0 Å². The fourth-order valence-corrected chi connectivity index (χ4v) is 2.41. The Bertz CT molecular complexity index is 407. The number of carbonyl (C=O) groups is 1. The molecule has 1 aliphatic heterocycles. The van der Waals surface area contributed by atoms with E-state index < -0.39 is 0 Å². The van der Waals surface area contributed by atoms with Crippen LogP contribution in [-0.4, -0.2) is 42.5 Å². The minimum absolute atomic E-state index is 0.0587. The zero-order valence-corrected chi connectivity index (χ0v) is 11.4. The van der Waals surface area contributed by atoms with Gasteiger partial charge in [0.25, 0.3) is 0 Å². The molecule has 17 heavy (non-hydrogen) atoms. The van der Waals surface area contributed by atoms with Crippen LogP contribution in [0, 0.1) is 0 Å². The predicted octanol–water partition coefficient (Wildman–Crippen LogP) is 1.82. The number of nitrogens with zero attached hydrogens (tertiary/aromatic N) is 2. The van der Waals surface area contributed by atoms with Crippen LogP contribution in [0.3, 0.4) is 0 Å². The second kappa shape index (κ2) is 5.06. The van der Waals surface area contributed by atoms with Crippen LogP contribution in [0.25, 0.3) is 0 Å². The third-order valence-electron chi connectivity index (χ3n) is 3.02. The van der Waals surface area contributed by atoms with Crippen molar-refractivity contribution in [3.05, 3.63) is 34.3 Å². The van der Waals surface area contributed by atoms with Gasteiger partial charge in [-0.05, 0) is 17.7 Å². The summed E-state index contributed by atoms with van der Waals surface area (Å²) in [7, 11) is 1.82. The number of benzene rings is 1. The van der Waals surface area contributed by atoms with Crippen LogP contribution < -0.4 is 5.73 Å². The second-order valence-electron chi connectivity index (χ2n) is 4.21. The number of rotatable bonds is 3. The van der Waals surface area contributed by atoms with E-state index in [0.29, 0.717) is 13.1 Å². The molecule has 0 spiro atoms. The van der Waals surface area contributed by atoms with Crippen molar-refractivity contribution in [1.29, 1.82) is 0 Å². The smallest absolute Gasteiger partial charge is 0.320 e. The van der Waals surface area contributed by atoms with Crippen molar-refractivity contribution >= 4 is 22.0 Å². The molecule has 1 saturated heterocycles.